The summed E-state index contributed by atoms with van der Waals surface area (Å²) in [4.78, 5) is 32.6. The Labute approximate surface area is 445 Å². The predicted octanol–water partition coefficient (Wildman–Crippen LogP) is 9.29. The topological polar surface area (TPSA) is 293 Å². The number of phenols is 3. The zero-order valence-corrected chi connectivity index (χ0v) is 43.7. The van der Waals surface area contributed by atoms with Crippen LogP contribution < -0.4 is 37.1 Å². The van der Waals surface area contributed by atoms with Crippen LogP contribution in [0, 0.1) is 10.7 Å². The second-order valence-corrected chi connectivity index (χ2v) is 18.3. The first-order chi connectivity index (χ1) is 35.6. The molecule has 7 aromatic rings. The molecule has 1 heterocycles. The molecule has 1 aromatic heterocycles. The minimum absolute atomic E-state index is 0. The van der Waals surface area contributed by atoms with Crippen LogP contribution in [-0.2, 0) is 48.1 Å². The monoisotopic (exact) mass is 1050 g/mol. The number of aromatic nitrogens is 3. The molecule has 0 spiro atoms. The number of methoxy groups -OCH3 is 3. The maximum Gasteiger partial charge on any atom is 0.287 e. The van der Waals surface area contributed by atoms with E-state index in [1.807, 2.05) is 84.3 Å². The van der Waals surface area contributed by atoms with Crippen molar-refractivity contribution in [3.63, 3.8) is 0 Å². The number of aromatic hydroxyl groups is 3. The largest absolute Gasteiger partial charge is 0.508 e. The maximum absolute atomic E-state index is 11.8. The highest BCUT2D eigenvalue weighted by molar-refractivity contribution is 8.03. The number of rotatable bonds is 10. The second kappa shape index (κ2) is 27.6. The van der Waals surface area contributed by atoms with Gasteiger partial charge >= 0.3 is 0 Å². The molecule has 10 rings (SSSR count). The van der Waals surface area contributed by atoms with E-state index in [1.54, 1.807) is 62.3 Å². The Morgan fingerprint density at radius 3 is 1.63 bits per heavy atom. The Bertz CT molecular complexity index is 3150. The fourth-order valence-corrected chi connectivity index (χ4v) is 8.96. The van der Waals surface area contributed by atoms with E-state index in [0.717, 1.165) is 91.3 Å². The number of benzene rings is 6. The fourth-order valence-electron chi connectivity index (χ4n) is 8.30. The van der Waals surface area contributed by atoms with Gasteiger partial charge < -0.3 is 52.5 Å². The van der Waals surface area contributed by atoms with E-state index in [0.29, 0.717) is 39.1 Å². The number of thiocyanates is 1. The van der Waals surface area contributed by atoms with E-state index < -0.39 is 17.6 Å². The van der Waals surface area contributed by atoms with Crippen LogP contribution in [0.1, 0.15) is 75.7 Å². The van der Waals surface area contributed by atoms with Gasteiger partial charge in [-0.05, 0) is 212 Å². The number of carbonyl (C=O) groups is 3. The summed E-state index contributed by atoms with van der Waals surface area (Å²) in [7, 11) is 4.83. The molecule has 0 saturated carbocycles. The van der Waals surface area contributed by atoms with Gasteiger partial charge in [-0.1, -0.05) is 18.3 Å². The van der Waals surface area contributed by atoms with Crippen LogP contribution >= 0.6 is 24.0 Å². The van der Waals surface area contributed by atoms with E-state index in [1.165, 1.54) is 40.7 Å². The van der Waals surface area contributed by atoms with Crippen molar-refractivity contribution >= 4 is 52.3 Å². The number of fused-ring (bicyclic) bond motifs is 3. The minimum atomic E-state index is -0.880. The number of Topliss-reactive ketones (excluding diaryl/α,β-unsaturated/α-hetero) is 1. The van der Waals surface area contributed by atoms with Crippen molar-refractivity contribution in [3.05, 3.63) is 160 Å². The SMILES string of the molecule is CC(=O)C(N)=O.COc1ccc(-n2c(C(N)=O)nnc2-c2cc3c(cc2O)CCC3)cc1.COc1ccc(NC(=S)c2cc3c(cc2O)CCC3)cc1.COc1ccc(SC#N)cc1.N.Oc1ccc2c(c1)CCC2. The number of carbonyl (C=O) groups excluding carboxylic acids is 3. The summed E-state index contributed by atoms with van der Waals surface area (Å²) in [6.07, 6.45) is 9.82. The third-order valence-corrected chi connectivity index (χ3v) is 13.0. The normalized spacial score (nSPS) is 11.9. The second-order valence-electron chi connectivity index (χ2n) is 17.0. The van der Waals surface area contributed by atoms with Gasteiger partial charge in [0.1, 0.15) is 44.9 Å². The molecule has 390 valence electrons. The molecule has 0 fully saturated rings. The number of aryl methyl sites for hydroxylation is 6. The molecule has 0 unspecified atom stereocenters. The lowest BCUT2D eigenvalue weighted by Gasteiger charge is -2.12. The molecule has 0 saturated heterocycles. The van der Waals surface area contributed by atoms with Gasteiger partial charge in [-0.3, -0.25) is 19.0 Å². The molecule has 2 amide bonds. The van der Waals surface area contributed by atoms with Crippen molar-refractivity contribution in [2.45, 2.75) is 69.6 Å². The van der Waals surface area contributed by atoms with Gasteiger partial charge in [-0.25, -0.2) is 0 Å². The first-order valence-corrected chi connectivity index (χ1v) is 24.7. The molecule has 6 aromatic carbocycles. The standard InChI is InChI=1S/C19H18N4O3.C17H17NO2S.C9H10O.C8H7NOS.C3H5NO2.H3N/c1-26-14-7-5-13(6-8-14)23-18(21-22-19(23)17(20)25)15-9-11-3-2-4-12(11)10-16(15)24;1-20-14-7-5-13(6-8-14)18-17(21)15-9-11-3-2-4-12(11)10-16(15)19;10-9-5-4-7-2-1-3-8(7)6-9;1-10-7-2-4-8(5-3-7)11-6-9;1-2(5)3(4)6;/h5-10,24H,2-4H2,1H3,(H2,20,25);5-10,19H,2-4H2,1H3,(H,18,21);4-6,10H,1-3H2;2-5H,1H3;1H3,(H2,4,6);1H3. The highest BCUT2D eigenvalue weighted by atomic mass is 32.2. The zero-order valence-electron chi connectivity index (χ0n) is 42.1. The van der Waals surface area contributed by atoms with E-state index in [-0.39, 0.29) is 23.5 Å². The summed E-state index contributed by atoms with van der Waals surface area (Å²) in [5.41, 5.74) is 20.3. The Morgan fingerprint density at radius 1 is 0.653 bits per heavy atom. The number of thioether (sulfide) groups is 1. The molecule has 11 N–H and O–H groups in total. The smallest absolute Gasteiger partial charge is 0.287 e. The van der Waals surface area contributed by atoms with Gasteiger partial charge in [0.05, 0.1) is 32.5 Å². The van der Waals surface area contributed by atoms with Crippen LogP contribution in [0.5, 0.6) is 34.5 Å². The zero-order chi connectivity index (χ0) is 53.3. The summed E-state index contributed by atoms with van der Waals surface area (Å²) >= 11 is 6.56. The van der Waals surface area contributed by atoms with Crippen molar-refractivity contribution in [2.24, 2.45) is 11.5 Å². The molecule has 0 aliphatic heterocycles. The number of primary amides is 2. The highest BCUT2D eigenvalue weighted by Crippen LogP contribution is 2.37. The third kappa shape index (κ3) is 15.5. The lowest BCUT2D eigenvalue weighted by atomic mass is 10.0. The number of ketones is 1. The summed E-state index contributed by atoms with van der Waals surface area (Å²) in [5.74, 6) is 1.26. The van der Waals surface area contributed by atoms with Gasteiger partial charge in [0.15, 0.2) is 5.82 Å². The Hall–Kier alpha value is -8.44. The lowest BCUT2D eigenvalue weighted by molar-refractivity contribution is -0.134. The van der Waals surface area contributed by atoms with E-state index >= 15 is 0 Å². The van der Waals surface area contributed by atoms with Crippen molar-refractivity contribution in [3.8, 4) is 57.0 Å². The van der Waals surface area contributed by atoms with Gasteiger partial charge in [-0.15, -0.1) is 10.2 Å². The average Bonchev–Trinajstić information content (AvgIpc) is 4.25. The number of amides is 2. The molecule has 19 heteroatoms. The van der Waals surface area contributed by atoms with Crippen molar-refractivity contribution in [1.82, 2.24) is 20.9 Å². The molecular weight excluding hydrogens is 993 g/mol. The van der Waals surface area contributed by atoms with Crippen LogP contribution in [0.2, 0.25) is 0 Å². The van der Waals surface area contributed by atoms with Gasteiger partial charge in [0.25, 0.3) is 11.8 Å². The average molecular weight is 1050 g/mol. The van der Waals surface area contributed by atoms with Crippen LogP contribution in [0.25, 0.3) is 17.1 Å². The van der Waals surface area contributed by atoms with Crippen LogP contribution in [-0.4, -0.2) is 74.0 Å². The number of phenolic OH excluding ortho intramolecular Hbond substituents is 3. The molecule has 0 radical (unpaired) electrons. The van der Waals surface area contributed by atoms with Crippen molar-refractivity contribution in [1.29, 1.82) is 5.26 Å². The quantitative estimate of drug-likeness (QED) is 0.0290. The Kier molecular flexibility index (Phi) is 21.1. The number of nitrogens with two attached hydrogens (primary N) is 2. The number of thiocarbonyl (C=S) groups is 1. The third-order valence-electron chi connectivity index (χ3n) is 12.1. The number of nitriles is 1. The highest BCUT2D eigenvalue weighted by Gasteiger charge is 2.24. The number of hydrogen-bond donors (Lipinski definition) is 7. The van der Waals surface area contributed by atoms with Gasteiger partial charge in [0, 0.05) is 23.2 Å². The number of hydrogen-bond acceptors (Lipinski definition) is 15. The Morgan fingerprint density at radius 2 is 1.12 bits per heavy atom. The van der Waals surface area contributed by atoms with Gasteiger partial charge in [0.2, 0.25) is 11.6 Å². The molecule has 17 nitrogen and oxygen atoms in total. The number of anilines is 1. The van der Waals surface area contributed by atoms with E-state index in [2.05, 4.69) is 21.2 Å². The maximum atomic E-state index is 11.8. The van der Waals surface area contributed by atoms with E-state index in [9.17, 15) is 24.6 Å². The first-order valence-electron chi connectivity index (χ1n) is 23.5. The molecule has 0 bridgehead atoms. The molecule has 3 aliphatic rings. The molecule has 0 atom stereocenters. The van der Waals surface area contributed by atoms with Crippen molar-refractivity contribution in [2.75, 3.05) is 26.6 Å². The summed E-state index contributed by atoms with van der Waals surface area (Å²) < 4.78 is 16.8. The molecule has 3 aliphatic carbocycles. The number of ether oxygens (including phenoxy) is 3. The minimum Gasteiger partial charge on any atom is -0.508 e. The van der Waals surface area contributed by atoms with Crippen LogP contribution in [0.3, 0.4) is 0 Å². The first kappa shape index (κ1) is 57.5. The number of nitrogens with one attached hydrogen (secondary N) is 1. The predicted molar refractivity (Wildman–Crippen MR) is 293 cm³/mol. The fraction of sp³-hybridized carbons (Fsp3) is 0.232. The molecule has 75 heavy (non-hydrogen) atoms. The van der Waals surface area contributed by atoms with E-state index in [4.69, 9.17) is 42.5 Å². The summed E-state index contributed by atoms with van der Waals surface area (Å²) in [5, 5.41) is 51.3. The summed E-state index contributed by atoms with van der Waals surface area (Å²) in [6, 6.07) is 35.2. The van der Waals surface area contributed by atoms with Gasteiger partial charge in [-0.2, -0.15) is 5.26 Å². The Balaban J connectivity index is 0.000000188. The lowest BCUT2D eigenvalue weighted by Crippen LogP contribution is -2.19. The summed E-state index contributed by atoms with van der Waals surface area (Å²) in [6.45, 7) is 1.13. The van der Waals surface area contributed by atoms with Crippen LogP contribution in [0.15, 0.2) is 120 Å². The number of nitrogens with zero attached hydrogens (tertiary/aromatic N) is 4. The molecular formula is C56H60N8O9S2. The van der Waals surface area contributed by atoms with Crippen molar-refractivity contribution < 1.29 is 43.9 Å². The van der Waals surface area contributed by atoms with Crippen LogP contribution in [0.4, 0.5) is 5.69 Å².